The van der Waals surface area contributed by atoms with Crippen LogP contribution >= 0.6 is 0 Å². The van der Waals surface area contributed by atoms with Crippen molar-refractivity contribution in [2.24, 2.45) is 0 Å². The third-order valence-electron chi connectivity index (χ3n) is 11.8. The van der Waals surface area contributed by atoms with Gasteiger partial charge in [-0.3, -0.25) is 14.9 Å². The Labute approximate surface area is 411 Å². The molecule has 70 heavy (non-hydrogen) atoms. The molecule has 0 radical (unpaired) electrons. The number of esters is 1. The Morgan fingerprint density at radius 3 is 1.83 bits per heavy atom. The number of hydrogen-bond donors (Lipinski definition) is 1. The lowest BCUT2D eigenvalue weighted by Gasteiger charge is -2.53. The number of carbonyl (C=O) groups is 2. The topological polar surface area (TPSA) is 213 Å². The van der Waals surface area contributed by atoms with Crippen LogP contribution in [0.5, 0.6) is 0 Å². The van der Waals surface area contributed by atoms with Crippen LogP contribution in [0.15, 0.2) is 157 Å². The Morgan fingerprint density at radius 2 is 1.30 bits per heavy atom. The molecule has 6 aromatic rings. The molecule has 8 rings (SSSR count). The van der Waals surface area contributed by atoms with Gasteiger partial charge in [-0.1, -0.05) is 139 Å². The van der Waals surface area contributed by atoms with Crippen LogP contribution < -0.4 is 4.72 Å². The molecule has 0 aliphatic carbocycles. The van der Waals surface area contributed by atoms with E-state index in [1.165, 1.54) is 36.9 Å². The lowest BCUT2D eigenvalue weighted by atomic mass is 9.81. The Bertz CT molecular complexity index is 2990. The van der Waals surface area contributed by atoms with Crippen LogP contribution in [0.1, 0.15) is 53.5 Å². The van der Waals surface area contributed by atoms with Gasteiger partial charge in [0.25, 0.3) is 5.69 Å². The average Bonchev–Trinajstić information content (AvgIpc) is 3.88. The summed E-state index contributed by atoms with van der Waals surface area (Å²) in [7, 11) is -3.71. The third-order valence-corrected chi connectivity index (χ3v) is 13.4. The fourth-order valence-corrected chi connectivity index (χ4v) is 9.67. The third kappa shape index (κ3) is 11.3. The maximum absolute atomic E-state index is 14.5. The molecule has 2 fully saturated rings. The summed E-state index contributed by atoms with van der Waals surface area (Å²) in [6.45, 7) is -3.36. The fourth-order valence-electron chi connectivity index (χ4n) is 8.15. The fraction of sp³-hybridized carbons (Fsp3) is 0.333. The van der Waals surface area contributed by atoms with Gasteiger partial charge in [-0.15, -0.1) is 5.10 Å². The molecule has 19 heteroatoms. The average molecular weight is 979 g/mol. The molecule has 2 aliphatic heterocycles. The van der Waals surface area contributed by atoms with Gasteiger partial charge in [0.2, 0.25) is 15.9 Å². The molecule has 5 unspecified atom stereocenters. The van der Waals surface area contributed by atoms with E-state index >= 15 is 0 Å². The second-order valence-electron chi connectivity index (χ2n) is 17.0. The monoisotopic (exact) mass is 978 g/mol. The number of carbonyl (C=O) groups excluding carboxylic acids is 2. The van der Waals surface area contributed by atoms with Gasteiger partial charge < -0.3 is 33.3 Å². The number of β-lactam (4-membered cyclic amide) rings is 1. The highest BCUT2D eigenvalue weighted by Crippen LogP contribution is 2.39. The van der Waals surface area contributed by atoms with E-state index in [1.807, 2.05) is 0 Å². The molecular weight excluding hydrogens is 921 g/mol. The minimum Gasteiger partial charge on any atom is -0.467 e. The molecule has 1 N–H and O–H groups in total. The summed E-state index contributed by atoms with van der Waals surface area (Å²) in [6, 6.07) is 39.3. The van der Waals surface area contributed by atoms with E-state index in [1.54, 1.807) is 121 Å². The lowest BCUT2D eigenvalue weighted by Crippen LogP contribution is -2.79. The van der Waals surface area contributed by atoms with Gasteiger partial charge in [0.05, 0.1) is 68.9 Å². The summed E-state index contributed by atoms with van der Waals surface area (Å²) in [6.07, 6.45) is -5.94. The first-order valence-electron chi connectivity index (χ1n) is 24.4. The smallest absolute Gasteiger partial charge is 0.331 e. The molecule has 1 aromatic heterocycles. The van der Waals surface area contributed by atoms with Crippen LogP contribution in [0.4, 0.5) is 5.69 Å². The number of likely N-dealkylation sites (tertiary alicyclic amines) is 1. The zero-order chi connectivity index (χ0) is 52.8. The molecule has 2 saturated heterocycles. The van der Waals surface area contributed by atoms with E-state index in [0.29, 0.717) is 22.3 Å². The molecule has 0 saturated carbocycles. The van der Waals surface area contributed by atoms with Crippen molar-refractivity contribution in [1.82, 2.24) is 24.6 Å². The standard InChI is InChI=1S/C51H54N6O12S/c1-50(2,49(59)64-3)55-35-51(48(55)58,53-70(62,63)43-27-17-16-26-41(43)57(60)61)28-40-29-56(54-52-40)47-46(68-33-39-24-14-7-15-25-39)45(67-32-38-22-12-6-13-23-38)44(66-31-37-20-10-5-11-21-37)42(69-47)34-65-30-36-18-8-4-9-19-36/h4-27,29,42,44-47,53H,28,30-35H2,1-3H3/t42-,44-,45+,46+,47?,51+/m1/s1/i30D,31D,32D,33D/t30?,31?,32?,33?,42-,44-,45+,46+,47?,51+. The summed E-state index contributed by atoms with van der Waals surface area (Å²) in [5.41, 5.74) is -2.57. The van der Waals surface area contributed by atoms with Crippen molar-refractivity contribution in [2.75, 3.05) is 20.3 Å². The second kappa shape index (κ2) is 21.9. The number of rotatable bonds is 22. The number of ether oxygens (including phenoxy) is 6. The molecule has 2 aliphatic rings. The maximum atomic E-state index is 14.5. The summed E-state index contributed by atoms with van der Waals surface area (Å²) < 4.78 is 107. The Kier molecular flexibility index (Phi) is 13.9. The number of sulfonamides is 1. The van der Waals surface area contributed by atoms with Crippen molar-refractivity contribution in [3.8, 4) is 0 Å². The first-order chi connectivity index (χ1) is 35.4. The predicted octanol–water partition coefficient (Wildman–Crippen LogP) is 6.11. The number of methoxy groups -OCH3 is 1. The van der Waals surface area contributed by atoms with Crippen LogP contribution in [0, 0.1) is 10.1 Å². The van der Waals surface area contributed by atoms with Gasteiger partial charge in [0.15, 0.2) is 11.1 Å². The number of nitro groups is 1. The van der Waals surface area contributed by atoms with Gasteiger partial charge in [-0.2, -0.15) is 4.72 Å². The predicted molar refractivity (Wildman–Crippen MR) is 253 cm³/mol. The minimum absolute atomic E-state index is 0.0103. The van der Waals surface area contributed by atoms with Crippen LogP contribution in [0.2, 0.25) is 0 Å². The number of para-hydroxylation sites is 1. The van der Waals surface area contributed by atoms with E-state index in [0.717, 1.165) is 24.1 Å². The Morgan fingerprint density at radius 1 is 0.800 bits per heavy atom. The van der Waals surface area contributed by atoms with Crippen LogP contribution in [0.3, 0.4) is 0 Å². The van der Waals surface area contributed by atoms with Crippen LogP contribution in [-0.2, 0) is 80.8 Å². The quantitative estimate of drug-likeness (QED) is 0.0352. The summed E-state index contributed by atoms with van der Waals surface area (Å²) in [5, 5.41) is 20.8. The first-order valence-corrected chi connectivity index (χ1v) is 23.6. The number of benzene rings is 5. The summed E-state index contributed by atoms with van der Waals surface area (Å²) >= 11 is 0. The molecule has 18 nitrogen and oxygen atoms in total. The highest BCUT2D eigenvalue weighted by Gasteiger charge is 2.61. The number of hydrogen-bond acceptors (Lipinski definition) is 14. The van der Waals surface area contributed by atoms with E-state index in [2.05, 4.69) is 15.0 Å². The van der Waals surface area contributed by atoms with Gasteiger partial charge in [-0.25, -0.2) is 17.9 Å². The SMILES string of the molecule is [2H]C(OC[C@H]1OC(n2cc(C[C@]3(NS(=O)(=O)c4ccccc4[N+](=O)[O-])CN(C(C)(C)C(=O)OC)C3=O)nn2)[C@@H](OC([2H])c2ccccc2)[C@@H](OC([2H])c2ccccc2)[C@@H]1OC([2H])c1ccccc1)c1ccccc1. The lowest BCUT2D eigenvalue weighted by molar-refractivity contribution is -0.387. The molecule has 5 aromatic carbocycles. The molecule has 3 heterocycles. The van der Waals surface area contributed by atoms with Crippen molar-refractivity contribution < 1.29 is 56.8 Å². The second-order valence-corrected chi connectivity index (χ2v) is 18.7. The van der Waals surface area contributed by atoms with E-state index < -0.39 is 118 Å². The molecule has 10 atom stereocenters. The number of aromatic nitrogens is 3. The number of nitrogens with zero attached hydrogens (tertiary/aromatic N) is 5. The Hall–Kier alpha value is -6.71. The zero-order valence-corrected chi connectivity index (χ0v) is 39.1. The normalized spacial score (nSPS) is 24.1. The van der Waals surface area contributed by atoms with Gasteiger partial charge in [0.1, 0.15) is 35.5 Å². The molecule has 0 spiro atoms. The maximum Gasteiger partial charge on any atom is 0.331 e. The number of amides is 1. The zero-order valence-electron chi connectivity index (χ0n) is 42.3. The summed E-state index contributed by atoms with van der Waals surface area (Å²) in [4.78, 5) is 39.0. The van der Waals surface area contributed by atoms with Crippen molar-refractivity contribution in [3.63, 3.8) is 0 Å². The molecule has 366 valence electrons. The van der Waals surface area contributed by atoms with Crippen LogP contribution in [0.25, 0.3) is 0 Å². The van der Waals surface area contributed by atoms with Crippen molar-refractivity contribution >= 4 is 27.6 Å². The van der Waals surface area contributed by atoms with Gasteiger partial charge in [0, 0.05) is 12.5 Å². The number of nitrogens with one attached hydrogen (secondary N) is 1. The molecular formula is C51H54N6O12S. The van der Waals surface area contributed by atoms with Crippen LogP contribution in [-0.4, -0.2) is 101 Å². The van der Waals surface area contributed by atoms with Gasteiger partial charge in [-0.05, 0) is 42.2 Å². The van der Waals surface area contributed by atoms with E-state index in [-0.39, 0.29) is 12.3 Å². The highest BCUT2D eigenvalue weighted by atomic mass is 32.2. The minimum atomic E-state index is -4.85. The molecule has 1 amide bonds. The summed E-state index contributed by atoms with van der Waals surface area (Å²) in [5.74, 6) is -1.67. The van der Waals surface area contributed by atoms with Crippen molar-refractivity contribution in [3.05, 3.63) is 190 Å². The van der Waals surface area contributed by atoms with E-state index in [4.69, 9.17) is 29.8 Å². The highest BCUT2D eigenvalue weighted by molar-refractivity contribution is 7.89. The Balaban J connectivity index is 1.22. The largest absolute Gasteiger partial charge is 0.467 e. The van der Waals surface area contributed by atoms with Gasteiger partial charge >= 0.3 is 5.97 Å². The number of nitro benzene ring substituents is 1. The van der Waals surface area contributed by atoms with Crippen molar-refractivity contribution in [1.29, 1.82) is 0 Å². The first kappa shape index (κ1) is 44.5. The van der Waals surface area contributed by atoms with Crippen molar-refractivity contribution in [2.45, 2.75) is 93.2 Å². The molecule has 0 bridgehead atoms. The van der Waals surface area contributed by atoms with E-state index in [9.17, 15) is 32.2 Å².